The van der Waals surface area contributed by atoms with Crippen molar-refractivity contribution in [2.24, 2.45) is 0 Å². The number of rotatable bonds is 4. The lowest BCUT2D eigenvalue weighted by molar-refractivity contribution is -0.384. The third kappa shape index (κ3) is 4.22. The summed E-state index contributed by atoms with van der Waals surface area (Å²) >= 11 is 7.33. The molecule has 1 saturated heterocycles. The molecule has 0 aromatic heterocycles. The van der Waals surface area contributed by atoms with Crippen molar-refractivity contribution in [1.82, 2.24) is 4.90 Å². The lowest BCUT2D eigenvalue weighted by Crippen LogP contribution is -2.50. The first-order chi connectivity index (χ1) is 14.4. The number of anilines is 2. The maximum atomic E-state index is 12.8. The quantitative estimate of drug-likeness (QED) is 0.571. The van der Waals surface area contributed by atoms with Gasteiger partial charge in [0.25, 0.3) is 5.69 Å². The van der Waals surface area contributed by atoms with Crippen molar-refractivity contribution in [1.29, 1.82) is 0 Å². The fourth-order valence-electron chi connectivity index (χ4n) is 3.63. The van der Waals surface area contributed by atoms with Crippen LogP contribution in [0.2, 0.25) is 5.02 Å². The number of carbonyl (C=O) groups is 2. The summed E-state index contributed by atoms with van der Waals surface area (Å²) in [6, 6.07) is 11.9. The van der Waals surface area contributed by atoms with Crippen LogP contribution in [0.3, 0.4) is 0 Å². The number of benzene rings is 2. The molecule has 4 rings (SSSR count). The van der Waals surface area contributed by atoms with Gasteiger partial charge in [-0.1, -0.05) is 23.7 Å². The number of fused-ring (bicyclic) bond motifs is 1. The Labute approximate surface area is 182 Å². The zero-order valence-corrected chi connectivity index (χ0v) is 17.5. The van der Waals surface area contributed by atoms with Gasteiger partial charge in [0.1, 0.15) is 5.69 Å². The Morgan fingerprint density at radius 3 is 2.67 bits per heavy atom. The molecule has 10 heteroatoms. The van der Waals surface area contributed by atoms with Gasteiger partial charge in [-0.3, -0.25) is 19.7 Å². The van der Waals surface area contributed by atoms with Crippen LogP contribution in [-0.4, -0.2) is 53.1 Å². The van der Waals surface area contributed by atoms with Gasteiger partial charge in [-0.25, -0.2) is 0 Å². The molecule has 2 heterocycles. The third-order valence-corrected chi connectivity index (χ3v) is 6.68. The molecule has 2 aromatic carbocycles. The molecule has 0 bridgehead atoms. The Hall–Kier alpha value is -2.78. The molecule has 0 saturated carbocycles. The number of nitro benzene ring substituents is 1. The molecule has 30 heavy (non-hydrogen) atoms. The number of piperazine rings is 1. The zero-order valence-electron chi connectivity index (χ0n) is 15.9. The summed E-state index contributed by atoms with van der Waals surface area (Å²) in [7, 11) is 0. The van der Waals surface area contributed by atoms with E-state index >= 15 is 0 Å². The molecular formula is C20H19ClN4O4S. The van der Waals surface area contributed by atoms with Gasteiger partial charge < -0.3 is 15.1 Å². The number of hydrogen-bond acceptors (Lipinski definition) is 6. The van der Waals surface area contributed by atoms with Gasteiger partial charge in [-0.15, -0.1) is 11.8 Å². The number of para-hydroxylation sites is 2. The summed E-state index contributed by atoms with van der Waals surface area (Å²) < 4.78 is 0. The van der Waals surface area contributed by atoms with Gasteiger partial charge in [-0.2, -0.15) is 0 Å². The average molecular weight is 447 g/mol. The van der Waals surface area contributed by atoms with Gasteiger partial charge in [-0.05, 0) is 24.3 Å². The number of halogens is 1. The number of nitrogens with zero attached hydrogens (tertiary/aromatic N) is 3. The highest BCUT2D eigenvalue weighted by molar-refractivity contribution is 8.01. The van der Waals surface area contributed by atoms with Crippen LogP contribution in [0.1, 0.15) is 6.42 Å². The van der Waals surface area contributed by atoms with E-state index in [1.165, 1.54) is 17.8 Å². The predicted molar refractivity (Wildman–Crippen MR) is 116 cm³/mol. The Bertz CT molecular complexity index is 1010. The van der Waals surface area contributed by atoms with Gasteiger partial charge in [0, 0.05) is 48.6 Å². The van der Waals surface area contributed by atoms with E-state index in [0.29, 0.717) is 42.6 Å². The molecule has 8 nitrogen and oxygen atoms in total. The summed E-state index contributed by atoms with van der Waals surface area (Å²) in [4.78, 5) is 40.6. The molecule has 0 aliphatic carbocycles. The van der Waals surface area contributed by atoms with Crippen molar-refractivity contribution < 1.29 is 14.5 Å². The minimum absolute atomic E-state index is 0.0614. The lowest BCUT2D eigenvalue weighted by Gasteiger charge is -2.36. The Balaban J connectivity index is 1.37. The second-order valence-corrected chi connectivity index (χ2v) is 8.74. The molecule has 0 spiro atoms. The van der Waals surface area contributed by atoms with Crippen molar-refractivity contribution in [2.45, 2.75) is 16.6 Å². The minimum Gasteiger partial charge on any atom is -0.362 e. The van der Waals surface area contributed by atoms with Crippen LogP contribution in [0, 0.1) is 10.1 Å². The Kier molecular flexibility index (Phi) is 5.83. The van der Waals surface area contributed by atoms with Crippen LogP contribution < -0.4 is 10.2 Å². The maximum absolute atomic E-state index is 12.8. The fraction of sp³-hybridized carbons (Fsp3) is 0.300. The van der Waals surface area contributed by atoms with E-state index in [9.17, 15) is 19.7 Å². The first-order valence-corrected chi connectivity index (χ1v) is 10.7. The molecule has 0 unspecified atom stereocenters. The SMILES string of the molecule is O=C1Nc2cc(Cl)ccc2S[C@@H]1CC(=O)N1CCN(c2ccccc2[N+](=O)[O-])CC1. The summed E-state index contributed by atoms with van der Waals surface area (Å²) in [6.07, 6.45) is 0.101. The fourth-order valence-corrected chi connectivity index (χ4v) is 4.88. The van der Waals surface area contributed by atoms with E-state index in [-0.39, 0.29) is 23.9 Å². The van der Waals surface area contributed by atoms with Gasteiger partial charge in [0.2, 0.25) is 11.8 Å². The smallest absolute Gasteiger partial charge is 0.292 e. The number of thioether (sulfide) groups is 1. The second-order valence-electron chi connectivity index (χ2n) is 7.05. The average Bonchev–Trinajstić information content (AvgIpc) is 2.74. The van der Waals surface area contributed by atoms with Gasteiger partial charge in [0.15, 0.2) is 0 Å². The summed E-state index contributed by atoms with van der Waals surface area (Å²) in [5, 5.41) is 14.1. The van der Waals surface area contributed by atoms with Crippen LogP contribution in [0.25, 0.3) is 0 Å². The molecule has 1 N–H and O–H groups in total. The lowest BCUT2D eigenvalue weighted by atomic mass is 10.2. The Morgan fingerprint density at radius 2 is 1.93 bits per heavy atom. The van der Waals surface area contributed by atoms with E-state index in [2.05, 4.69) is 5.32 Å². The molecular weight excluding hydrogens is 428 g/mol. The maximum Gasteiger partial charge on any atom is 0.292 e. The van der Waals surface area contributed by atoms with E-state index < -0.39 is 10.2 Å². The predicted octanol–water partition coefficient (Wildman–Crippen LogP) is 3.40. The third-order valence-electron chi connectivity index (χ3n) is 5.17. The first-order valence-electron chi connectivity index (χ1n) is 9.45. The number of carbonyl (C=O) groups excluding carboxylic acids is 2. The highest BCUT2D eigenvalue weighted by Gasteiger charge is 2.32. The number of nitro groups is 1. The highest BCUT2D eigenvalue weighted by Crippen LogP contribution is 2.38. The van der Waals surface area contributed by atoms with Crippen LogP contribution >= 0.6 is 23.4 Å². The van der Waals surface area contributed by atoms with Gasteiger partial charge in [0.05, 0.1) is 15.9 Å². The number of amides is 2. The molecule has 0 radical (unpaired) electrons. The summed E-state index contributed by atoms with van der Waals surface area (Å²) in [5.74, 6) is -0.302. The zero-order chi connectivity index (χ0) is 21.3. The van der Waals surface area contributed by atoms with E-state index in [4.69, 9.17) is 11.6 Å². The second kappa shape index (κ2) is 8.53. The van der Waals surface area contributed by atoms with E-state index in [1.807, 2.05) is 11.0 Å². The molecule has 1 fully saturated rings. The van der Waals surface area contributed by atoms with Crippen molar-refractivity contribution in [3.8, 4) is 0 Å². The van der Waals surface area contributed by atoms with Crippen LogP contribution in [0.4, 0.5) is 17.1 Å². The molecule has 2 aliphatic rings. The number of hydrogen-bond donors (Lipinski definition) is 1. The molecule has 2 aromatic rings. The van der Waals surface area contributed by atoms with Crippen molar-refractivity contribution in [3.05, 3.63) is 57.6 Å². The molecule has 2 amide bonds. The molecule has 2 aliphatic heterocycles. The van der Waals surface area contributed by atoms with Crippen molar-refractivity contribution >= 4 is 52.2 Å². The number of nitrogens with one attached hydrogen (secondary N) is 1. The molecule has 1 atom stereocenters. The van der Waals surface area contributed by atoms with Crippen molar-refractivity contribution in [2.75, 3.05) is 36.4 Å². The normalized spacial score (nSPS) is 18.6. The van der Waals surface area contributed by atoms with Crippen LogP contribution in [0.5, 0.6) is 0 Å². The largest absolute Gasteiger partial charge is 0.362 e. The standard InChI is InChI=1S/C20H19ClN4O4S/c21-13-5-6-17-14(11-13)22-20(27)18(30-17)12-19(26)24-9-7-23(8-10-24)15-3-1-2-4-16(15)25(28)29/h1-6,11,18H,7-10,12H2,(H,22,27)/t18-/m1/s1. The van der Waals surface area contributed by atoms with Crippen LogP contribution in [-0.2, 0) is 9.59 Å². The highest BCUT2D eigenvalue weighted by atomic mass is 35.5. The van der Waals surface area contributed by atoms with E-state index in [1.54, 1.807) is 35.2 Å². The first kappa shape index (κ1) is 20.5. The summed E-state index contributed by atoms with van der Waals surface area (Å²) in [5.41, 5.74) is 1.29. The van der Waals surface area contributed by atoms with Gasteiger partial charge >= 0.3 is 0 Å². The van der Waals surface area contributed by atoms with Crippen LogP contribution in [0.15, 0.2) is 47.4 Å². The molecule has 156 valence electrons. The van der Waals surface area contributed by atoms with Crippen molar-refractivity contribution in [3.63, 3.8) is 0 Å². The topological polar surface area (TPSA) is 95.8 Å². The minimum atomic E-state index is -0.501. The monoisotopic (exact) mass is 446 g/mol. The van der Waals surface area contributed by atoms with E-state index in [0.717, 1.165) is 4.90 Å². The Morgan fingerprint density at radius 1 is 1.20 bits per heavy atom. The summed E-state index contributed by atoms with van der Waals surface area (Å²) in [6.45, 7) is 1.91.